The van der Waals surface area contributed by atoms with Crippen molar-refractivity contribution < 1.29 is 4.79 Å². The van der Waals surface area contributed by atoms with Gasteiger partial charge >= 0.3 is 0 Å². The predicted octanol–water partition coefficient (Wildman–Crippen LogP) is 2.15. The van der Waals surface area contributed by atoms with Crippen LogP contribution in [-0.4, -0.2) is 15.8 Å². The van der Waals surface area contributed by atoms with Crippen molar-refractivity contribution in [3.8, 4) is 0 Å². The lowest BCUT2D eigenvalue weighted by Crippen LogP contribution is -1.92. The first-order chi connectivity index (χ1) is 6.24. The summed E-state index contributed by atoms with van der Waals surface area (Å²) in [4.78, 5) is 14.7. The van der Waals surface area contributed by atoms with Gasteiger partial charge in [-0.1, -0.05) is 0 Å². The van der Waals surface area contributed by atoms with E-state index in [9.17, 15) is 4.79 Å². The normalized spacial score (nSPS) is 10.6. The molecule has 0 radical (unpaired) electrons. The molecule has 0 fully saturated rings. The van der Waals surface area contributed by atoms with Gasteiger partial charge in [-0.25, -0.2) is 4.98 Å². The quantitative estimate of drug-likeness (QED) is 0.564. The van der Waals surface area contributed by atoms with Crippen molar-refractivity contribution in [2.24, 2.45) is 7.05 Å². The molecule has 0 saturated heterocycles. The molecular formula is C9H7BrN2O. The number of nitrogens with zero attached hydrogens (tertiary/aromatic N) is 2. The van der Waals surface area contributed by atoms with Crippen LogP contribution in [0, 0.1) is 0 Å². The van der Waals surface area contributed by atoms with Gasteiger partial charge in [0.05, 0.1) is 11.2 Å². The maximum atomic E-state index is 10.7. The highest BCUT2D eigenvalue weighted by Crippen LogP contribution is 2.23. The molecule has 4 heteroatoms. The fraction of sp³-hybridized carbons (Fsp3) is 0.111. The van der Waals surface area contributed by atoms with Gasteiger partial charge in [0.2, 0.25) is 0 Å². The molecule has 0 unspecified atom stereocenters. The summed E-state index contributed by atoms with van der Waals surface area (Å²) < 4.78 is 2.61. The Balaban J connectivity index is 2.91. The molecular weight excluding hydrogens is 232 g/mol. The summed E-state index contributed by atoms with van der Waals surface area (Å²) in [7, 11) is 1.86. The minimum Gasteiger partial charge on any atom is -0.341 e. The van der Waals surface area contributed by atoms with Crippen molar-refractivity contribution in [2.75, 3.05) is 0 Å². The summed E-state index contributed by atoms with van der Waals surface area (Å²) >= 11 is 3.33. The molecule has 0 aliphatic rings. The zero-order chi connectivity index (χ0) is 9.42. The molecule has 13 heavy (non-hydrogen) atoms. The van der Waals surface area contributed by atoms with E-state index in [1.807, 2.05) is 23.7 Å². The van der Waals surface area contributed by atoms with Gasteiger partial charge in [0.15, 0.2) is 6.29 Å². The van der Waals surface area contributed by atoms with Gasteiger partial charge in [-0.2, -0.15) is 0 Å². The molecule has 66 valence electrons. The molecule has 2 aromatic heterocycles. The van der Waals surface area contributed by atoms with Gasteiger partial charge in [0.1, 0.15) is 4.60 Å². The summed E-state index contributed by atoms with van der Waals surface area (Å²) in [6.45, 7) is 0. The Labute approximate surface area is 83.5 Å². The average molecular weight is 239 g/mol. The van der Waals surface area contributed by atoms with Gasteiger partial charge in [-0.3, -0.25) is 4.79 Å². The molecule has 0 spiro atoms. The zero-order valence-corrected chi connectivity index (χ0v) is 8.58. The van der Waals surface area contributed by atoms with Crippen molar-refractivity contribution in [3.63, 3.8) is 0 Å². The molecule has 0 aliphatic carbocycles. The maximum Gasteiger partial charge on any atom is 0.166 e. The van der Waals surface area contributed by atoms with E-state index in [1.54, 1.807) is 6.20 Å². The van der Waals surface area contributed by atoms with Gasteiger partial charge in [0, 0.05) is 18.6 Å². The summed E-state index contributed by atoms with van der Waals surface area (Å²) in [6, 6.07) is 3.70. The van der Waals surface area contributed by atoms with Crippen LogP contribution >= 0.6 is 15.9 Å². The monoisotopic (exact) mass is 238 g/mol. The third-order valence-corrected chi connectivity index (χ3v) is 2.71. The van der Waals surface area contributed by atoms with Crippen LogP contribution in [-0.2, 0) is 7.05 Å². The molecule has 0 N–H and O–H groups in total. The molecule has 3 nitrogen and oxygen atoms in total. The highest BCUT2D eigenvalue weighted by atomic mass is 79.9. The average Bonchev–Trinajstić information content (AvgIpc) is 2.45. The fourth-order valence-corrected chi connectivity index (χ4v) is 1.80. The first kappa shape index (κ1) is 8.44. The number of halogens is 1. The second kappa shape index (κ2) is 2.96. The predicted molar refractivity (Wildman–Crippen MR) is 53.8 cm³/mol. The number of pyridine rings is 1. The molecule has 0 atom stereocenters. The van der Waals surface area contributed by atoms with Crippen LogP contribution in [0.25, 0.3) is 10.9 Å². The van der Waals surface area contributed by atoms with Gasteiger partial charge in [-0.05, 0) is 28.1 Å². The smallest absolute Gasteiger partial charge is 0.166 e. The van der Waals surface area contributed by atoms with Crippen LogP contribution in [0.4, 0.5) is 0 Å². The summed E-state index contributed by atoms with van der Waals surface area (Å²) in [5.74, 6) is 0. The van der Waals surface area contributed by atoms with Crippen LogP contribution in [0.2, 0.25) is 0 Å². The SMILES string of the molecule is Cn1c(C=O)cc2c(Br)nccc21. The Bertz CT molecular complexity index is 476. The molecule has 0 amide bonds. The van der Waals surface area contributed by atoms with Crippen LogP contribution in [0.5, 0.6) is 0 Å². The van der Waals surface area contributed by atoms with E-state index in [-0.39, 0.29) is 0 Å². The van der Waals surface area contributed by atoms with Gasteiger partial charge in [-0.15, -0.1) is 0 Å². The lowest BCUT2D eigenvalue weighted by molar-refractivity contribution is 0.111. The summed E-state index contributed by atoms with van der Waals surface area (Å²) in [5, 5.41) is 0.965. The number of hydrogen-bond donors (Lipinski definition) is 0. The Hall–Kier alpha value is -1.16. The minimum absolute atomic E-state index is 0.656. The van der Waals surface area contributed by atoms with Crippen LogP contribution in [0.15, 0.2) is 22.9 Å². The van der Waals surface area contributed by atoms with E-state index in [0.717, 1.165) is 21.8 Å². The molecule has 2 heterocycles. The van der Waals surface area contributed by atoms with E-state index in [0.29, 0.717) is 5.69 Å². The summed E-state index contributed by atoms with van der Waals surface area (Å²) in [5.41, 5.74) is 1.66. The number of aryl methyl sites for hydroxylation is 1. The Morgan fingerprint density at radius 3 is 3.00 bits per heavy atom. The van der Waals surface area contributed by atoms with Crippen LogP contribution < -0.4 is 0 Å². The van der Waals surface area contributed by atoms with Crippen molar-refractivity contribution in [3.05, 3.63) is 28.6 Å². The number of aldehydes is 1. The first-order valence-electron chi connectivity index (χ1n) is 3.79. The Kier molecular flexibility index (Phi) is 1.92. The molecule has 0 aromatic carbocycles. The number of rotatable bonds is 1. The standard InChI is InChI=1S/C9H7BrN2O/c1-12-6(5-13)4-7-8(12)2-3-11-9(7)10/h2-5H,1H3. The molecule has 0 bridgehead atoms. The molecule has 2 aromatic rings. The highest BCUT2D eigenvalue weighted by molar-refractivity contribution is 9.10. The van der Waals surface area contributed by atoms with Crippen molar-refractivity contribution in [1.29, 1.82) is 0 Å². The van der Waals surface area contributed by atoms with Crippen LogP contribution in [0.1, 0.15) is 10.5 Å². The van der Waals surface area contributed by atoms with Gasteiger partial charge in [0.25, 0.3) is 0 Å². The number of hydrogen-bond acceptors (Lipinski definition) is 2. The number of carbonyl (C=O) groups excluding carboxylic acids is 1. The Morgan fingerprint density at radius 1 is 1.62 bits per heavy atom. The van der Waals surface area contributed by atoms with Crippen LogP contribution in [0.3, 0.4) is 0 Å². The zero-order valence-electron chi connectivity index (χ0n) is 6.99. The third kappa shape index (κ3) is 1.18. The van der Waals surface area contributed by atoms with E-state index in [2.05, 4.69) is 20.9 Å². The maximum absolute atomic E-state index is 10.7. The number of carbonyl (C=O) groups is 1. The minimum atomic E-state index is 0.656. The Morgan fingerprint density at radius 2 is 2.38 bits per heavy atom. The molecule has 2 rings (SSSR count). The topological polar surface area (TPSA) is 34.9 Å². The largest absolute Gasteiger partial charge is 0.341 e. The molecule has 0 aliphatic heterocycles. The second-order valence-electron chi connectivity index (χ2n) is 2.78. The van der Waals surface area contributed by atoms with Crippen molar-refractivity contribution >= 4 is 33.1 Å². The summed E-state index contributed by atoms with van der Waals surface area (Å²) in [6.07, 6.45) is 2.55. The van der Waals surface area contributed by atoms with E-state index in [4.69, 9.17) is 0 Å². The number of fused-ring (bicyclic) bond motifs is 1. The second-order valence-corrected chi connectivity index (χ2v) is 3.53. The molecule has 0 saturated carbocycles. The lowest BCUT2D eigenvalue weighted by atomic mass is 10.3. The lowest BCUT2D eigenvalue weighted by Gasteiger charge is -1.97. The first-order valence-corrected chi connectivity index (χ1v) is 4.58. The highest BCUT2D eigenvalue weighted by Gasteiger charge is 2.07. The fourth-order valence-electron chi connectivity index (χ4n) is 1.36. The van der Waals surface area contributed by atoms with Crippen molar-refractivity contribution in [1.82, 2.24) is 9.55 Å². The third-order valence-electron chi connectivity index (χ3n) is 2.08. The van der Waals surface area contributed by atoms with Gasteiger partial charge < -0.3 is 4.57 Å². The van der Waals surface area contributed by atoms with E-state index in [1.165, 1.54) is 0 Å². The van der Waals surface area contributed by atoms with Crippen molar-refractivity contribution in [2.45, 2.75) is 0 Å². The van der Waals surface area contributed by atoms with E-state index >= 15 is 0 Å². The van der Waals surface area contributed by atoms with E-state index < -0.39 is 0 Å². The number of aromatic nitrogens is 2.